The molecule has 0 unspecified atom stereocenters. The van der Waals surface area contributed by atoms with E-state index in [4.69, 9.17) is 4.74 Å². The second-order valence-corrected chi connectivity index (χ2v) is 8.42. The van der Waals surface area contributed by atoms with Gasteiger partial charge in [0.25, 0.3) is 5.91 Å². The molecule has 1 heterocycles. The van der Waals surface area contributed by atoms with Crippen molar-refractivity contribution in [3.05, 3.63) is 95.3 Å². The molecule has 4 rings (SSSR count). The lowest BCUT2D eigenvalue weighted by Gasteiger charge is -2.11. The maximum absolute atomic E-state index is 12.2. The molecular formula is C26H24N4O2S. The van der Waals surface area contributed by atoms with E-state index >= 15 is 0 Å². The zero-order chi connectivity index (χ0) is 23.0. The largest absolute Gasteiger partial charge is 0.488 e. The van der Waals surface area contributed by atoms with Crippen molar-refractivity contribution in [2.24, 2.45) is 5.10 Å². The third-order valence-electron chi connectivity index (χ3n) is 4.87. The van der Waals surface area contributed by atoms with Crippen molar-refractivity contribution < 1.29 is 9.53 Å². The number of carbonyl (C=O) groups excluding carboxylic acids is 1. The molecule has 4 aromatic rings. The van der Waals surface area contributed by atoms with E-state index in [0.29, 0.717) is 17.5 Å². The number of thioether (sulfide) groups is 1. The van der Waals surface area contributed by atoms with Crippen LogP contribution < -0.4 is 10.2 Å². The third kappa shape index (κ3) is 6.17. The quantitative estimate of drug-likeness (QED) is 0.173. The molecule has 7 heteroatoms. The molecule has 0 aliphatic carbocycles. The number of carbonyl (C=O) groups is 1. The minimum atomic E-state index is -0.229. The van der Waals surface area contributed by atoms with Gasteiger partial charge in [-0.2, -0.15) is 5.10 Å². The standard InChI is InChI=1S/C26H24N4O2S/c1-18-14-19(2)29-26(28-18)33-17-25(31)30-27-15-21-9-4-6-13-24(21)32-16-22-11-7-10-20-8-3-5-12-23(20)22/h3-15H,16-17H2,1-2H3,(H,30,31). The first kappa shape index (κ1) is 22.5. The van der Waals surface area contributed by atoms with Crippen LogP contribution in [-0.4, -0.2) is 27.8 Å². The van der Waals surface area contributed by atoms with E-state index in [0.717, 1.165) is 22.5 Å². The number of benzene rings is 3. The number of rotatable bonds is 8. The summed E-state index contributed by atoms with van der Waals surface area (Å²) in [5.74, 6) is 0.647. The fourth-order valence-corrected chi connectivity index (χ4v) is 4.13. The highest BCUT2D eigenvalue weighted by atomic mass is 32.2. The van der Waals surface area contributed by atoms with E-state index in [-0.39, 0.29) is 11.7 Å². The van der Waals surface area contributed by atoms with Crippen molar-refractivity contribution in [3.8, 4) is 5.75 Å². The maximum Gasteiger partial charge on any atom is 0.250 e. The van der Waals surface area contributed by atoms with Gasteiger partial charge in [-0.15, -0.1) is 0 Å². The van der Waals surface area contributed by atoms with E-state index in [1.165, 1.54) is 22.5 Å². The summed E-state index contributed by atoms with van der Waals surface area (Å²) >= 11 is 1.28. The number of hydrogen-bond donors (Lipinski definition) is 1. The van der Waals surface area contributed by atoms with Crippen molar-refractivity contribution in [1.29, 1.82) is 0 Å². The summed E-state index contributed by atoms with van der Waals surface area (Å²) in [7, 11) is 0. The van der Waals surface area contributed by atoms with E-state index in [1.54, 1.807) is 6.21 Å². The predicted molar refractivity (Wildman–Crippen MR) is 133 cm³/mol. The zero-order valence-corrected chi connectivity index (χ0v) is 19.3. The molecule has 0 saturated heterocycles. The van der Waals surface area contributed by atoms with Gasteiger partial charge in [0.15, 0.2) is 5.16 Å². The molecule has 0 radical (unpaired) electrons. The van der Waals surface area contributed by atoms with Crippen LogP contribution >= 0.6 is 11.8 Å². The van der Waals surface area contributed by atoms with Crippen molar-refractivity contribution >= 4 is 34.7 Å². The van der Waals surface area contributed by atoms with Crippen LogP contribution in [0.3, 0.4) is 0 Å². The zero-order valence-electron chi connectivity index (χ0n) is 18.5. The van der Waals surface area contributed by atoms with E-state index in [1.807, 2.05) is 62.4 Å². The molecule has 0 saturated carbocycles. The van der Waals surface area contributed by atoms with Crippen molar-refractivity contribution in [3.63, 3.8) is 0 Å². The number of aryl methyl sites for hydroxylation is 2. The molecule has 6 nitrogen and oxygen atoms in total. The van der Waals surface area contributed by atoms with Crippen molar-refractivity contribution in [1.82, 2.24) is 15.4 Å². The Morgan fingerprint density at radius 2 is 1.73 bits per heavy atom. The molecule has 1 amide bonds. The summed E-state index contributed by atoms with van der Waals surface area (Å²) in [6.07, 6.45) is 1.59. The van der Waals surface area contributed by atoms with Gasteiger partial charge in [0.05, 0.1) is 12.0 Å². The Morgan fingerprint density at radius 1 is 1.00 bits per heavy atom. The van der Waals surface area contributed by atoms with Gasteiger partial charge in [-0.05, 0) is 48.4 Å². The molecule has 0 spiro atoms. The molecular weight excluding hydrogens is 432 g/mol. The van der Waals surface area contributed by atoms with Crippen LogP contribution in [-0.2, 0) is 11.4 Å². The number of ether oxygens (including phenoxy) is 1. The Kier molecular flexibility index (Phi) is 7.32. The molecule has 33 heavy (non-hydrogen) atoms. The Labute approximate surface area is 197 Å². The Hall–Kier alpha value is -3.71. The summed E-state index contributed by atoms with van der Waals surface area (Å²) in [5.41, 5.74) is 6.20. The molecule has 0 fully saturated rings. The number of hydrazone groups is 1. The molecule has 0 aliphatic rings. The maximum atomic E-state index is 12.2. The Balaban J connectivity index is 1.35. The van der Waals surface area contributed by atoms with Gasteiger partial charge in [0.1, 0.15) is 12.4 Å². The lowest BCUT2D eigenvalue weighted by atomic mass is 10.1. The topological polar surface area (TPSA) is 76.5 Å². The van der Waals surface area contributed by atoms with Crippen molar-refractivity contribution in [2.75, 3.05) is 5.75 Å². The van der Waals surface area contributed by atoms with Crippen LogP contribution in [0.5, 0.6) is 5.75 Å². The lowest BCUT2D eigenvalue weighted by molar-refractivity contribution is -0.118. The SMILES string of the molecule is Cc1cc(C)nc(SCC(=O)NN=Cc2ccccc2OCc2cccc3ccccc23)n1. The number of fused-ring (bicyclic) bond motifs is 1. The molecule has 0 aliphatic heterocycles. The lowest BCUT2D eigenvalue weighted by Crippen LogP contribution is -2.20. The van der Waals surface area contributed by atoms with Gasteiger partial charge < -0.3 is 4.74 Å². The van der Waals surface area contributed by atoms with Crippen LogP contribution in [0.15, 0.2) is 83.1 Å². The van der Waals surface area contributed by atoms with E-state index in [2.05, 4.69) is 44.8 Å². The van der Waals surface area contributed by atoms with Gasteiger partial charge in [0, 0.05) is 17.0 Å². The summed E-state index contributed by atoms with van der Waals surface area (Å²) in [4.78, 5) is 20.8. The summed E-state index contributed by atoms with van der Waals surface area (Å²) < 4.78 is 6.09. The number of nitrogens with one attached hydrogen (secondary N) is 1. The highest BCUT2D eigenvalue weighted by Gasteiger charge is 2.07. The monoisotopic (exact) mass is 456 g/mol. The second kappa shape index (κ2) is 10.7. The van der Waals surface area contributed by atoms with Gasteiger partial charge in [0.2, 0.25) is 0 Å². The van der Waals surface area contributed by atoms with Gasteiger partial charge in [-0.25, -0.2) is 15.4 Å². The summed E-state index contributed by atoms with van der Waals surface area (Å²) in [6, 6.07) is 23.9. The molecule has 0 bridgehead atoms. The predicted octanol–water partition coefficient (Wildman–Crippen LogP) is 5.07. The molecule has 166 valence electrons. The van der Waals surface area contributed by atoms with E-state index < -0.39 is 0 Å². The number of hydrogen-bond acceptors (Lipinski definition) is 6. The fourth-order valence-electron chi connectivity index (χ4n) is 3.39. The smallest absolute Gasteiger partial charge is 0.250 e. The van der Waals surface area contributed by atoms with Crippen LogP contribution in [0.1, 0.15) is 22.5 Å². The Bertz CT molecular complexity index is 1280. The molecule has 0 atom stereocenters. The molecule has 1 aromatic heterocycles. The molecule has 3 aromatic carbocycles. The van der Waals surface area contributed by atoms with Gasteiger partial charge in [-0.1, -0.05) is 66.4 Å². The minimum Gasteiger partial charge on any atom is -0.488 e. The van der Waals surface area contributed by atoms with Gasteiger partial charge in [-0.3, -0.25) is 4.79 Å². The number of nitrogens with zero attached hydrogens (tertiary/aromatic N) is 3. The van der Waals surface area contributed by atoms with Crippen LogP contribution in [0, 0.1) is 13.8 Å². The normalized spacial score (nSPS) is 11.1. The number of aromatic nitrogens is 2. The van der Waals surface area contributed by atoms with E-state index in [9.17, 15) is 4.79 Å². The first-order chi connectivity index (χ1) is 16.1. The summed E-state index contributed by atoms with van der Waals surface area (Å²) in [6.45, 7) is 4.25. The first-order valence-electron chi connectivity index (χ1n) is 10.5. The average Bonchev–Trinajstić information content (AvgIpc) is 2.81. The fraction of sp³-hybridized carbons (Fsp3) is 0.154. The minimum absolute atomic E-state index is 0.180. The molecule has 1 N–H and O–H groups in total. The highest BCUT2D eigenvalue weighted by molar-refractivity contribution is 7.99. The van der Waals surface area contributed by atoms with Crippen molar-refractivity contribution in [2.45, 2.75) is 25.6 Å². The highest BCUT2D eigenvalue weighted by Crippen LogP contribution is 2.22. The third-order valence-corrected chi connectivity index (χ3v) is 5.72. The summed E-state index contributed by atoms with van der Waals surface area (Å²) in [5, 5.41) is 7.03. The van der Waals surface area contributed by atoms with Crippen LogP contribution in [0.4, 0.5) is 0 Å². The van der Waals surface area contributed by atoms with Gasteiger partial charge >= 0.3 is 0 Å². The second-order valence-electron chi connectivity index (χ2n) is 7.48. The average molecular weight is 457 g/mol. The van der Waals surface area contributed by atoms with Crippen LogP contribution in [0.25, 0.3) is 10.8 Å². The number of amides is 1. The van der Waals surface area contributed by atoms with Crippen LogP contribution in [0.2, 0.25) is 0 Å². The first-order valence-corrected chi connectivity index (χ1v) is 11.5. The number of para-hydroxylation sites is 1. The Morgan fingerprint density at radius 3 is 2.58 bits per heavy atom.